The molecular weight excluding hydrogens is 219 g/mol. The summed E-state index contributed by atoms with van der Waals surface area (Å²) in [6.07, 6.45) is 0. The van der Waals surface area contributed by atoms with Crippen molar-refractivity contribution in [2.75, 3.05) is 26.2 Å². The standard InChI is InChI=1S/C13H17FN2O/c1-3-16(4-2)8-9-17-13-7-5-6-12(14)11(13)10-15/h5-7H,3-4,8-9H2,1-2H3. The highest BCUT2D eigenvalue weighted by atomic mass is 19.1. The summed E-state index contributed by atoms with van der Waals surface area (Å²) in [7, 11) is 0. The van der Waals surface area contributed by atoms with E-state index in [2.05, 4.69) is 18.7 Å². The molecule has 0 unspecified atom stereocenters. The van der Waals surface area contributed by atoms with Crippen molar-refractivity contribution in [1.82, 2.24) is 4.90 Å². The van der Waals surface area contributed by atoms with Crippen LogP contribution >= 0.6 is 0 Å². The molecule has 0 fully saturated rings. The largest absolute Gasteiger partial charge is 0.491 e. The molecule has 4 heteroatoms. The zero-order chi connectivity index (χ0) is 12.7. The molecule has 0 aromatic heterocycles. The smallest absolute Gasteiger partial charge is 0.144 e. The van der Waals surface area contributed by atoms with E-state index in [-0.39, 0.29) is 5.56 Å². The third kappa shape index (κ3) is 3.72. The van der Waals surface area contributed by atoms with Gasteiger partial charge in [-0.05, 0) is 25.2 Å². The number of hydrogen-bond acceptors (Lipinski definition) is 3. The Kier molecular flexibility index (Phi) is 5.44. The van der Waals surface area contributed by atoms with E-state index in [4.69, 9.17) is 10.00 Å². The van der Waals surface area contributed by atoms with Crippen molar-refractivity contribution in [2.45, 2.75) is 13.8 Å². The second-order valence-corrected chi connectivity index (χ2v) is 3.60. The van der Waals surface area contributed by atoms with E-state index in [0.29, 0.717) is 12.4 Å². The molecule has 0 aliphatic heterocycles. The van der Waals surface area contributed by atoms with Crippen LogP contribution in [0.15, 0.2) is 18.2 Å². The maximum Gasteiger partial charge on any atom is 0.144 e. The lowest BCUT2D eigenvalue weighted by Crippen LogP contribution is -2.28. The Morgan fingerprint density at radius 3 is 2.65 bits per heavy atom. The van der Waals surface area contributed by atoms with Crippen LogP contribution in [0.4, 0.5) is 4.39 Å². The van der Waals surface area contributed by atoms with E-state index in [1.807, 2.05) is 6.07 Å². The Labute approximate surface area is 101 Å². The average Bonchev–Trinajstić information content (AvgIpc) is 2.35. The molecule has 1 aromatic rings. The first-order valence-corrected chi connectivity index (χ1v) is 5.76. The summed E-state index contributed by atoms with van der Waals surface area (Å²) in [6, 6.07) is 6.24. The molecule has 0 saturated heterocycles. The van der Waals surface area contributed by atoms with E-state index in [0.717, 1.165) is 19.6 Å². The van der Waals surface area contributed by atoms with Crippen molar-refractivity contribution in [3.63, 3.8) is 0 Å². The third-order valence-corrected chi connectivity index (χ3v) is 2.65. The van der Waals surface area contributed by atoms with Crippen LogP contribution in [0.1, 0.15) is 19.4 Å². The molecule has 0 bridgehead atoms. The van der Waals surface area contributed by atoms with E-state index in [1.165, 1.54) is 6.07 Å². The second-order valence-electron chi connectivity index (χ2n) is 3.60. The first-order valence-electron chi connectivity index (χ1n) is 5.76. The van der Waals surface area contributed by atoms with Gasteiger partial charge in [0.05, 0.1) is 0 Å². The van der Waals surface area contributed by atoms with Crippen LogP contribution in [0.3, 0.4) is 0 Å². The summed E-state index contributed by atoms with van der Waals surface area (Å²) in [5.74, 6) is -0.215. The summed E-state index contributed by atoms with van der Waals surface area (Å²) >= 11 is 0. The molecule has 0 atom stereocenters. The molecule has 1 rings (SSSR count). The summed E-state index contributed by atoms with van der Waals surface area (Å²) in [5.41, 5.74) is -0.0213. The fourth-order valence-electron chi connectivity index (χ4n) is 1.56. The quantitative estimate of drug-likeness (QED) is 0.761. The lowest BCUT2D eigenvalue weighted by molar-refractivity contribution is 0.222. The van der Waals surface area contributed by atoms with E-state index in [1.54, 1.807) is 12.1 Å². The van der Waals surface area contributed by atoms with Crippen molar-refractivity contribution in [3.05, 3.63) is 29.6 Å². The van der Waals surface area contributed by atoms with Gasteiger partial charge in [-0.2, -0.15) is 5.26 Å². The highest BCUT2D eigenvalue weighted by molar-refractivity contribution is 5.43. The maximum atomic E-state index is 13.3. The molecular formula is C13H17FN2O. The number of nitrogens with zero attached hydrogens (tertiary/aromatic N) is 2. The fraction of sp³-hybridized carbons (Fsp3) is 0.462. The number of halogens is 1. The fourth-order valence-corrected chi connectivity index (χ4v) is 1.56. The highest BCUT2D eigenvalue weighted by Gasteiger charge is 2.08. The van der Waals surface area contributed by atoms with Crippen LogP contribution in [-0.4, -0.2) is 31.1 Å². The molecule has 17 heavy (non-hydrogen) atoms. The minimum atomic E-state index is -0.534. The summed E-state index contributed by atoms with van der Waals surface area (Å²) in [5, 5.41) is 8.82. The predicted octanol–water partition coefficient (Wildman–Crippen LogP) is 2.42. The van der Waals surface area contributed by atoms with Crippen LogP contribution < -0.4 is 4.74 Å². The van der Waals surface area contributed by atoms with E-state index >= 15 is 0 Å². The molecule has 0 aliphatic rings. The minimum absolute atomic E-state index is 0.0213. The van der Waals surface area contributed by atoms with Gasteiger partial charge in [0.25, 0.3) is 0 Å². The number of hydrogen-bond donors (Lipinski definition) is 0. The zero-order valence-corrected chi connectivity index (χ0v) is 10.2. The molecule has 0 saturated carbocycles. The van der Waals surface area contributed by atoms with Gasteiger partial charge >= 0.3 is 0 Å². The molecule has 0 amide bonds. The number of rotatable bonds is 6. The maximum absolute atomic E-state index is 13.3. The molecule has 0 aliphatic carbocycles. The minimum Gasteiger partial charge on any atom is -0.491 e. The third-order valence-electron chi connectivity index (χ3n) is 2.65. The van der Waals surface area contributed by atoms with Crippen molar-refractivity contribution >= 4 is 0 Å². The Bertz CT molecular complexity index is 397. The van der Waals surface area contributed by atoms with Crippen molar-refractivity contribution in [2.24, 2.45) is 0 Å². The van der Waals surface area contributed by atoms with Gasteiger partial charge in [0.1, 0.15) is 29.8 Å². The molecule has 92 valence electrons. The molecule has 0 heterocycles. The lowest BCUT2D eigenvalue weighted by Gasteiger charge is -2.18. The first kappa shape index (κ1) is 13.5. The topological polar surface area (TPSA) is 36.3 Å². The van der Waals surface area contributed by atoms with Crippen LogP contribution in [0.25, 0.3) is 0 Å². The Morgan fingerprint density at radius 1 is 1.35 bits per heavy atom. The first-order chi connectivity index (χ1) is 8.22. The van der Waals surface area contributed by atoms with Gasteiger partial charge in [0.2, 0.25) is 0 Å². The van der Waals surface area contributed by atoms with Gasteiger partial charge < -0.3 is 9.64 Å². The van der Waals surface area contributed by atoms with E-state index in [9.17, 15) is 4.39 Å². The van der Waals surface area contributed by atoms with Gasteiger partial charge in [0, 0.05) is 6.54 Å². The van der Waals surface area contributed by atoms with Crippen LogP contribution in [0, 0.1) is 17.1 Å². The van der Waals surface area contributed by atoms with Crippen LogP contribution in [0.5, 0.6) is 5.75 Å². The lowest BCUT2D eigenvalue weighted by atomic mass is 10.2. The number of benzene rings is 1. The Balaban J connectivity index is 2.58. The summed E-state index contributed by atoms with van der Waals surface area (Å²) in [6.45, 7) is 7.29. The van der Waals surface area contributed by atoms with Crippen LogP contribution in [0.2, 0.25) is 0 Å². The molecule has 3 nitrogen and oxygen atoms in total. The second kappa shape index (κ2) is 6.87. The van der Waals surface area contributed by atoms with Crippen molar-refractivity contribution in [3.8, 4) is 11.8 Å². The molecule has 0 spiro atoms. The highest BCUT2D eigenvalue weighted by Crippen LogP contribution is 2.20. The zero-order valence-electron chi connectivity index (χ0n) is 10.2. The SMILES string of the molecule is CCN(CC)CCOc1cccc(F)c1C#N. The number of ether oxygens (including phenoxy) is 1. The molecule has 1 aromatic carbocycles. The van der Waals surface area contributed by atoms with Gasteiger partial charge in [-0.1, -0.05) is 19.9 Å². The predicted molar refractivity (Wildman–Crippen MR) is 64.4 cm³/mol. The van der Waals surface area contributed by atoms with Gasteiger partial charge in [-0.15, -0.1) is 0 Å². The number of likely N-dealkylation sites (N-methyl/N-ethyl adjacent to an activating group) is 1. The van der Waals surface area contributed by atoms with Crippen LogP contribution in [-0.2, 0) is 0 Å². The average molecular weight is 236 g/mol. The Hall–Kier alpha value is -1.60. The van der Waals surface area contributed by atoms with Crippen molar-refractivity contribution < 1.29 is 9.13 Å². The van der Waals surface area contributed by atoms with Gasteiger partial charge in [0.15, 0.2) is 0 Å². The normalized spacial score (nSPS) is 10.3. The number of nitriles is 1. The van der Waals surface area contributed by atoms with Gasteiger partial charge in [-0.25, -0.2) is 4.39 Å². The molecule has 0 N–H and O–H groups in total. The van der Waals surface area contributed by atoms with E-state index < -0.39 is 5.82 Å². The summed E-state index contributed by atoms with van der Waals surface area (Å²) in [4.78, 5) is 2.20. The van der Waals surface area contributed by atoms with Crippen molar-refractivity contribution in [1.29, 1.82) is 5.26 Å². The Morgan fingerprint density at radius 2 is 2.06 bits per heavy atom. The molecule has 0 radical (unpaired) electrons. The monoisotopic (exact) mass is 236 g/mol. The summed E-state index contributed by atoms with van der Waals surface area (Å²) < 4.78 is 18.7. The van der Waals surface area contributed by atoms with Gasteiger partial charge in [-0.3, -0.25) is 0 Å².